The minimum absolute atomic E-state index is 0.00998. The normalized spacial score (nSPS) is 11.9. The van der Waals surface area contributed by atoms with Gasteiger partial charge in [-0.3, -0.25) is 0 Å². The van der Waals surface area contributed by atoms with Crippen LogP contribution in [0.25, 0.3) is 5.65 Å². The molecule has 0 fully saturated rings. The number of rotatable bonds is 10. The highest BCUT2D eigenvalue weighted by Crippen LogP contribution is 2.28. The molecule has 0 spiro atoms. The molecule has 0 amide bonds. The van der Waals surface area contributed by atoms with Gasteiger partial charge in [-0.1, -0.05) is 31.2 Å². The number of ether oxygens (including phenoxy) is 3. The van der Waals surface area contributed by atoms with Crippen LogP contribution < -0.4 is 19.1 Å². The van der Waals surface area contributed by atoms with E-state index in [1.807, 2.05) is 31.2 Å². The Morgan fingerprint density at radius 3 is 2.00 bits per heavy atom. The van der Waals surface area contributed by atoms with E-state index >= 15 is 0 Å². The molecule has 2 aromatic carbocycles. The van der Waals surface area contributed by atoms with Gasteiger partial charge in [-0.15, -0.1) is 5.10 Å². The van der Waals surface area contributed by atoms with Gasteiger partial charge in [0.05, 0.1) is 26.5 Å². The molecule has 2 heterocycles. The summed E-state index contributed by atoms with van der Waals surface area (Å²) in [6, 6.07) is 16.4. The van der Waals surface area contributed by atoms with Gasteiger partial charge in [-0.05, 0) is 64.7 Å². The molecule has 9 heteroatoms. The number of nitrogens with zero attached hydrogens (tertiary/aromatic N) is 5. The van der Waals surface area contributed by atoms with Crippen LogP contribution in [0.15, 0.2) is 59.3 Å². The number of methoxy groups -OCH3 is 2. The number of benzene rings is 2. The van der Waals surface area contributed by atoms with E-state index < -0.39 is 0 Å². The second-order valence-corrected chi connectivity index (χ2v) is 8.74. The SMILES string of the molecule is CC[C@H](C)Oc1nc(N(Cc2ccc(OC)cc2)Cc2ccc(OC)cc2)c2ncc(Br)n2n1. The van der Waals surface area contributed by atoms with Gasteiger partial charge in [0.15, 0.2) is 11.5 Å². The Bertz CT molecular complexity index is 1180. The van der Waals surface area contributed by atoms with Gasteiger partial charge in [0, 0.05) is 13.1 Å². The third-order valence-electron chi connectivity index (χ3n) is 5.53. The maximum absolute atomic E-state index is 6.00. The minimum Gasteiger partial charge on any atom is -0.497 e. The van der Waals surface area contributed by atoms with E-state index in [1.165, 1.54) is 0 Å². The van der Waals surface area contributed by atoms with Gasteiger partial charge < -0.3 is 19.1 Å². The molecule has 0 bridgehead atoms. The molecule has 2 aromatic heterocycles. The van der Waals surface area contributed by atoms with Crippen LogP contribution in [-0.2, 0) is 13.1 Å². The zero-order chi connectivity index (χ0) is 24.1. The first-order chi connectivity index (χ1) is 16.5. The predicted molar refractivity (Wildman–Crippen MR) is 135 cm³/mol. The monoisotopic (exact) mass is 525 g/mol. The van der Waals surface area contributed by atoms with Crippen molar-refractivity contribution in [3.63, 3.8) is 0 Å². The number of imidazole rings is 1. The largest absolute Gasteiger partial charge is 0.497 e. The Kier molecular flexibility index (Phi) is 7.52. The van der Waals surface area contributed by atoms with Crippen LogP contribution in [0.5, 0.6) is 17.5 Å². The molecule has 0 aliphatic carbocycles. The van der Waals surface area contributed by atoms with Gasteiger partial charge in [0.25, 0.3) is 0 Å². The summed E-state index contributed by atoms with van der Waals surface area (Å²) < 4.78 is 19.1. The molecular formula is C25H28BrN5O3. The minimum atomic E-state index is -0.00998. The molecule has 1 atom stereocenters. The maximum Gasteiger partial charge on any atom is 0.336 e. The van der Waals surface area contributed by atoms with E-state index in [-0.39, 0.29) is 6.10 Å². The van der Waals surface area contributed by atoms with Gasteiger partial charge >= 0.3 is 6.01 Å². The van der Waals surface area contributed by atoms with Gasteiger partial charge in [-0.25, -0.2) is 4.98 Å². The highest BCUT2D eigenvalue weighted by Gasteiger charge is 2.20. The molecule has 0 saturated heterocycles. The standard InChI is InChI=1S/C25H28BrN5O3/c1-5-17(2)34-25-28-24(23-27-14-22(26)31(23)29-25)30(15-18-6-10-20(32-3)11-7-18)16-19-8-12-21(33-4)13-9-19/h6-14,17H,5,15-16H2,1-4H3/t17-/m0/s1. The highest BCUT2D eigenvalue weighted by molar-refractivity contribution is 9.10. The van der Waals surface area contributed by atoms with Crippen molar-refractivity contribution in [2.24, 2.45) is 0 Å². The van der Waals surface area contributed by atoms with Gasteiger partial charge in [0.2, 0.25) is 0 Å². The third kappa shape index (κ3) is 5.41. The second-order valence-electron chi connectivity index (χ2n) is 7.92. The molecule has 34 heavy (non-hydrogen) atoms. The van der Waals surface area contributed by atoms with Crippen LogP contribution in [0.2, 0.25) is 0 Å². The number of aromatic nitrogens is 4. The summed E-state index contributed by atoms with van der Waals surface area (Å²) >= 11 is 3.54. The predicted octanol–water partition coefficient (Wildman–Crippen LogP) is 5.29. The summed E-state index contributed by atoms with van der Waals surface area (Å²) in [6.07, 6.45) is 2.56. The van der Waals surface area contributed by atoms with E-state index in [0.717, 1.165) is 33.6 Å². The molecule has 178 valence electrons. The average molecular weight is 526 g/mol. The molecule has 4 rings (SSSR count). The summed E-state index contributed by atoms with van der Waals surface area (Å²) in [5, 5.41) is 4.54. The zero-order valence-corrected chi connectivity index (χ0v) is 21.3. The van der Waals surface area contributed by atoms with E-state index in [1.54, 1.807) is 24.9 Å². The van der Waals surface area contributed by atoms with Crippen molar-refractivity contribution in [1.29, 1.82) is 0 Å². The number of anilines is 1. The van der Waals surface area contributed by atoms with Crippen molar-refractivity contribution < 1.29 is 14.2 Å². The van der Waals surface area contributed by atoms with Crippen LogP contribution in [0.3, 0.4) is 0 Å². The van der Waals surface area contributed by atoms with Gasteiger partial charge in [-0.2, -0.15) is 9.50 Å². The molecule has 0 aliphatic heterocycles. The molecule has 0 N–H and O–H groups in total. The lowest BCUT2D eigenvalue weighted by Gasteiger charge is -2.25. The molecule has 0 unspecified atom stereocenters. The first-order valence-electron chi connectivity index (χ1n) is 11.1. The lowest BCUT2D eigenvalue weighted by atomic mass is 10.1. The van der Waals surface area contributed by atoms with Gasteiger partial charge in [0.1, 0.15) is 16.1 Å². The van der Waals surface area contributed by atoms with Crippen LogP contribution in [0, 0.1) is 0 Å². The molecule has 0 radical (unpaired) electrons. The Morgan fingerprint density at radius 2 is 1.50 bits per heavy atom. The number of hydrogen-bond acceptors (Lipinski definition) is 7. The lowest BCUT2D eigenvalue weighted by Crippen LogP contribution is -2.25. The third-order valence-corrected chi connectivity index (χ3v) is 6.07. The van der Waals surface area contributed by atoms with Crippen molar-refractivity contribution in [1.82, 2.24) is 19.6 Å². The first kappa shape index (κ1) is 23.8. The quantitative estimate of drug-likeness (QED) is 0.278. The van der Waals surface area contributed by atoms with E-state index in [9.17, 15) is 0 Å². The zero-order valence-electron chi connectivity index (χ0n) is 19.7. The Hall–Kier alpha value is -3.33. The Balaban J connectivity index is 1.77. The number of hydrogen-bond donors (Lipinski definition) is 0. The fraction of sp³-hybridized carbons (Fsp3) is 0.320. The molecule has 8 nitrogen and oxygen atoms in total. The molecular weight excluding hydrogens is 498 g/mol. The maximum atomic E-state index is 6.00. The fourth-order valence-corrected chi connectivity index (χ4v) is 3.80. The smallest absolute Gasteiger partial charge is 0.336 e. The van der Waals surface area contributed by atoms with Crippen molar-refractivity contribution >= 4 is 27.4 Å². The molecule has 0 saturated carbocycles. The summed E-state index contributed by atoms with van der Waals surface area (Å²) in [4.78, 5) is 11.5. The van der Waals surface area contributed by atoms with Crippen molar-refractivity contribution in [3.05, 3.63) is 70.5 Å². The Morgan fingerprint density at radius 1 is 0.941 bits per heavy atom. The summed E-state index contributed by atoms with van der Waals surface area (Å²) in [6.45, 7) is 5.28. The topological polar surface area (TPSA) is 74.0 Å². The number of fused-ring (bicyclic) bond motifs is 1. The number of halogens is 1. The summed E-state index contributed by atoms with van der Waals surface area (Å²) in [7, 11) is 3.33. The average Bonchev–Trinajstić information content (AvgIpc) is 3.24. The second kappa shape index (κ2) is 10.7. The van der Waals surface area contributed by atoms with Crippen LogP contribution in [0.4, 0.5) is 5.82 Å². The van der Waals surface area contributed by atoms with Crippen molar-refractivity contribution in [2.75, 3.05) is 19.1 Å². The fourth-order valence-electron chi connectivity index (χ4n) is 3.45. The highest BCUT2D eigenvalue weighted by atomic mass is 79.9. The van der Waals surface area contributed by atoms with E-state index in [2.05, 4.69) is 62.1 Å². The van der Waals surface area contributed by atoms with Crippen molar-refractivity contribution in [2.45, 2.75) is 39.5 Å². The van der Waals surface area contributed by atoms with Crippen LogP contribution in [0.1, 0.15) is 31.4 Å². The summed E-state index contributed by atoms with van der Waals surface area (Å²) in [5.74, 6) is 2.32. The van der Waals surface area contributed by atoms with Crippen molar-refractivity contribution in [3.8, 4) is 17.5 Å². The van der Waals surface area contributed by atoms with Crippen LogP contribution in [-0.4, -0.2) is 39.9 Å². The van der Waals surface area contributed by atoms with Crippen LogP contribution >= 0.6 is 15.9 Å². The summed E-state index contributed by atoms with van der Waals surface area (Å²) in [5.41, 5.74) is 2.87. The lowest BCUT2D eigenvalue weighted by molar-refractivity contribution is 0.196. The first-order valence-corrected chi connectivity index (χ1v) is 11.9. The Labute approximate surface area is 207 Å². The molecule has 0 aliphatic rings. The van der Waals surface area contributed by atoms with E-state index in [0.29, 0.717) is 30.6 Å². The molecule has 4 aromatic rings. The van der Waals surface area contributed by atoms with E-state index in [4.69, 9.17) is 19.2 Å².